The summed E-state index contributed by atoms with van der Waals surface area (Å²) >= 11 is 0. The minimum absolute atomic E-state index is 0.0946. The number of hydrogen-bond acceptors (Lipinski definition) is 6. The van der Waals surface area contributed by atoms with Crippen molar-refractivity contribution in [3.8, 4) is 5.75 Å². The summed E-state index contributed by atoms with van der Waals surface area (Å²) in [6, 6.07) is 23.0. The number of rotatable bonds is 7. The van der Waals surface area contributed by atoms with Gasteiger partial charge in [-0.2, -0.15) is 0 Å². The Morgan fingerprint density at radius 2 is 1.71 bits per heavy atom. The molecule has 2 bridgehead atoms. The quantitative estimate of drug-likeness (QED) is 0.239. The van der Waals surface area contributed by atoms with Crippen LogP contribution in [0.4, 0.5) is 5.69 Å². The zero-order chi connectivity index (χ0) is 34.3. The lowest BCUT2D eigenvalue weighted by molar-refractivity contribution is -0.135. The standard InChI is InChI=1S/C40H47N3O5/c1-8-24(6)33(27-14-10-9-11-15-27)36-40-28-16-12-13-17-30(28)42-39(40)48-32-19-18-26(20-29(32)40)21-31(41-38(46)35(44)23(4)5)37(45)43-34(22(2)3)25(7)47-36/h9-20,22-24,31,34-35,39,42,44H,7-8,21H2,1-6H3,(H,41,46)(H,43,45). The van der Waals surface area contributed by atoms with Gasteiger partial charge >= 0.3 is 0 Å². The molecule has 2 amide bonds. The van der Waals surface area contributed by atoms with Gasteiger partial charge in [-0.25, -0.2) is 0 Å². The second kappa shape index (κ2) is 13.2. The minimum atomic E-state index is -1.25. The predicted octanol–water partition coefficient (Wildman–Crippen LogP) is 6.30. The van der Waals surface area contributed by atoms with Gasteiger partial charge in [-0.3, -0.25) is 9.59 Å². The first-order valence-corrected chi connectivity index (χ1v) is 17.1. The molecule has 0 radical (unpaired) electrons. The number of aliphatic hydroxyl groups is 1. The van der Waals surface area contributed by atoms with Crippen LogP contribution in [0.5, 0.6) is 5.75 Å². The van der Waals surface area contributed by atoms with E-state index in [9.17, 15) is 14.7 Å². The van der Waals surface area contributed by atoms with Crippen LogP contribution in [-0.2, 0) is 26.2 Å². The Labute approximate surface area is 283 Å². The van der Waals surface area contributed by atoms with Crippen molar-refractivity contribution in [1.29, 1.82) is 0 Å². The van der Waals surface area contributed by atoms with Crippen LogP contribution in [0.1, 0.15) is 70.2 Å². The van der Waals surface area contributed by atoms with Crippen molar-refractivity contribution in [2.24, 2.45) is 17.8 Å². The van der Waals surface area contributed by atoms with Gasteiger partial charge in [0.1, 0.15) is 34.8 Å². The molecule has 6 rings (SSSR count). The fraction of sp³-hybridized carbons (Fsp3) is 0.400. The fourth-order valence-corrected chi connectivity index (χ4v) is 7.23. The van der Waals surface area contributed by atoms with Gasteiger partial charge in [0.15, 0.2) is 6.23 Å². The number of carbonyl (C=O) groups is 2. The molecule has 0 aliphatic carbocycles. The third kappa shape index (κ3) is 5.66. The summed E-state index contributed by atoms with van der Waals surface area (Å²) < 4.78 is 14.0. The molecule has 1 spiro atoms. The van der Waals surface area contributed by atoms with Crippen LogP contribution in [0, 0.1) is 17.8 Å². The Balaban J connectivity index is 1.65. The number of carbonyl (C=O) groups excluding carboxylic acids is 2. The van der Waals surface area contributed by atoms with Crippen molar-refractivity contribution in [1.82, 2.24) is 10.6 Å². The smallest absolute Gasteiger partial charge is 0.249 e. The van der Waals surface area contributed by atoms with Crippen molar-refractivity contribution < 1.29 is 24.2 Å². The number of nitrogens with one attached hydrogen (secondary N) is 3. The molecular weight excluding hydrogens is 602 g/mol. The summed E-state index contributed by atoms with van der Waals surface area (Å²) in [6.45, 7) is 16.4. The number of allylic oxidation sites excluding steroid dienone is 1. The molecule has 0 fully saturated rings. The van der Waals surface area contributed by atoms with Crippen molar-refractivity contribution in [3.63, 3.8) is 0 Å². The van der Waals surface area contributed by atoms with E-state index in [0.717, 1.165) is 45.7 Å². The van der Waals surface area contributed by atoms with E-state index in [0.29, 0.717) is 11.5 Å². The maximum absolute atomic E-state index is 14.0. The Morgan fingerprint density at radius 1 is 1.00 bits per heavy atom. The molecule has 6 unspecified atom stereocenters. The highest BCUT2D eigenvalue weighted by Gasteiger charge is 2.61. The first kappa shape index (κ1) is 33.3. The first-order chi connectivity index (χ1) is 23.0. The van der Waals surface area contributed by atoms with Crippen LogP contribution in [0.2, 0.25) is 0 Å². The summed E-state index contributed by atoms with van der Waals surface area (Å²) in [5.41, 5.74) is 4.91. The molecular formula is C40H47N3O5. The summed E-state index contributed by atoms with van der Waals surface area (Å²) in [5, 5.41) is 20.2. The number of benzene rings is 3. The zero-order valence-electron chi connectivity index (χ0n) is 28.7. The van der Waals surface area contributed by atoms with Gasteiger partial charge in [-0.05, 0) is 53.0 Å². The van der Waals surface area contributed by atoms with Gasteiger partial charge in [-0.15, -0.1) is 0 Å². The largest absolute Gasteiger partial charge is 0.469 e. The molecule has 8 nitrogen and oxygen atoms in total. The zero-order valence-corrected chi connectivity index (χ0v) is 28.7. The molecule has 8 heteroatoms. The second-order valence-corrected chi connectivity index (χ2v) is 14.0. The third-order valence-electron chi connectivity index (χ3n) is 10.1. The molecule has 3 aliphatic rings. The highest BCUT2D eigenvalue weighted by atomic mass is 16.5. The van der Waals surface area contributed by atoms with Gasteiger partial charge in [0.2, 0.25) is 11.8 Å². The normalized spacial score (nSPS) is 25.3. The topological polar surface area (TPSA) is 109 Å². The third-order valence-corrected chi connectivity index (χ3v) is 10.1. The lowest BCUT2D eigenvalue weighted by atomic mass is 9.70. The summed E-state index contributed by atoms with van der Waals surface area (Å²) in [6.07, 6.45) is -0.695. The maximum Gasteiger partial charge on any atom is 0.249 e. The molecule has 252 valence electrons. The maximum atomic E-state index is 14.0. The van der Waals surface area contributed by atoms with Gasteiger partial charge < -0.3 is 30.5 Å². The van der Waals surface area contributed by atoms with Crippen LogP contribution in [0.25, 0.3) is 5.57 Å². The number of ether oxygens (including phenoxy) is 2. The average molecular weight is 650 g/mol. The number of amides is 2. The Bertz CT molecular complexity index is 1750. The molecule has 0 saturated carbocycles. The van der Waals surface area contributed by atoms with Crippen LogP contribution in [-0.4, -0.2) is 41.3 Å². The molecule has 3 aliphatic heterocycles. The molecule has 3 heterocycles. The molecule has 0 aromatic heterocycles. The fourth-order valence-electron chi connectivity index (χ4n) is 7.23. The van der Waals surface area contributed by atoms with Gasteiger partial charge in [0.25, 0.3) is 0 Å². The minimum Gasteiger partial charge on any atom is -0.469 e. The Morgan fingerprint density at radius 3 is 2.40 bits per heavy atom. The van der Waals surface area contributed by atoms with Crippen LogP contribution >= 0.6 is 0 Å². The number of aliphatic hydroxyl groups excluding tert-OH is 1. The van der Waals surface area contributed by atoms with Crippen molar-refractivity contribution in [2.75, 3.05) is 5.32 Å². The number of anilines is 1. The lowest BCUT2D eigenvalue weighted by Crippen LogP contribution is -2.54. The van der Waals surface area contributed by atoms with Crippen LogP contribution < -0.4 is 20.7 Å². The van der Waals surface area contributed by atoms with Gasteiger partial charge in [0.05, 0.1) is 6.04 Å². The number of fused-ring (bicyclic) bond motifs is 2. The Hall–Kier alpha value is -4.56. The van der Waals surface area contributed by atoms with Crippen molar-refractivity contribution in [2.45, 2.75) is 84.2 Å². The van der Waals surface area contributed by atoms with Crippen molar-refractivity contribution in [3.05, 3.63) is 113 Å². The van der Waals surface area contributed by atoms with Gasteiger partial charge in [-0.1, -0.05) is 109 Å². The number of para-hydroxylation sites is 1. The van der Waals surface area contributed by atoms with Crippen molar-refractivity contribution >= 4 is 23.1 Å². The first-order valence-electron chi connectivity index (χ1n) is 17.1. The molecule has 4 N–H and O–H groups in total. The van der Waals surface area contributed by atoms with E-state index in [1.165, 1.54) is 0 Å². The molecule has 3 aromatic rings. The highest BCUT2D eigenvalue weighted by Crippen LogP contribution is 2.60. The van der Waals surface area contributed by atoms with E-state index < -0.39 is 35.7 Å². The lowest BCUT2D eigenvalue weighted by Gasteiger charge is -2.37. The summed E-state index contributed by atoms with van der Waals surface area (Å²) in [5.74, 6) is 0.545. The van der Waals surface area contributed by atoms with Crippen LogP contribution in [0.15, 0.2) is 90.9 Å². The highest BCUT2D eigenvalue weighted by molar-refractivity contribution is 5.90. The second-order valence-electron chi connectivity index (χ2n) is 14.0. The monoisotopic (exact) mass is 649 g/mol. The average Bonchev–Trinajstić information content (AvgIpc) is 3.56. The van der Waals surface area contributed by atoms with E-state index in [4.69, 9.17) is 9.47 Å². The Kier molecular flexibility index (Phi) is 9.14. The number of hydrogen-bond donors (Lipinski definition) is 4. The van der Waals surface area contributed by atoms with Gasteiger partial charge in [0, 0.05) is 23.2 Å². The SMILES string of the molecule is C=C1OC(=C(c2ccccc2)C(C)CC)C23c4ccccc4NC2Oc2ccc(cc23)CC(NC(=O)C(O)C(C)C)C(=O)NC1C(C)C. The predicted molar refractivity (Wildman–Crippen MR) is 188 cm³/mol. The van der Waals surface area contributed by atoms with E-state index in [1.54, 1.807) is 13.8 Å². The van der Waals surface area contributed by atoms with E-state index in [2.05, 4.69) is 66.7 Å². The molecule has 6 atom stereocenters. The molecule has 48 heavy (non-hydrogen) atoms. The van der Waals surface area contributed by atoms with Crippen LogP contribution in [0.3, 0.4) is 0 Å². The van der Waals surface area contributed by atoms with E-state index in [1.807, 2.05) is 56.3 Å². The molecule has 3 aromatic carbocycles. The summed E-state index contributed by atoms with van der Waals surface area (Å²) in [7, 11) is 0. The summed E-state index contributed by atoms with van der Waals surface area (Å²) in [4.78, 5) is 27.1. The molecule has 0 saturated heterocycles. The van der Waals surface area contributed by atoms with E-state index in [-0.39, 0.29) is 30.1 Å². The van der Waals surface area contributed by atoms with E-state index >= 15 is 0 Å².